The van der Waals surface area contributed by atoms with Gasteiger partial charge in [-0.25, -0.2) is 4.98 Å². The molecule has 0 amide bonds. The second-order valence-electron chi connectivity index (χ2n) is 5.71. The van der Waals surface area contributed by atoms with Crippen LogP contribution in [0.25, 0.3) is 0 Å². The van der Waals surface area contributed by atoms with Crippen molar-refractivity contribution in [2.45, 2.75) is 57.9 Å². The zero-order valence-electron chi connectivity index (χ0n) is 13.2. The average molecular weight is 422 g/mol. The predicted molar refractivity (Wildman–Crippen MR) is 102 cm³/mol. The van der Waals surface area contributed by atoms with Crippen LogP contribution >= 0.6 is 35.3 Å². The van der Waals surface area contributed by atoms with Gasteiger partial charge in [0.05, 0.1) is 10.7 Å². The molecule has 2 rings (SSSR count). The standard InChI is InChI=1S/C15H26N4S.HI/c1-11(2)14-18-13(10-20-14)8-9-17-15(16-3)19-12-6-4-5-7-12;/h10-12H,4-9H2,1-3H3,(H2,16,17,19);1H. The molecule has 0 saturated heterocycles. The van der Waals surface area contributed by atoms with Crippen LogP contribution in [0.15, 0.2) is 10.4 Å². The molecule has 6 heteroatoms. The van der Waals surface area contributed by atoms with E-state index in [1.165, 1.54) is 36.4 Å². The van der Waals surface area contributed by atoms with Crippen molar-refractivity contribution >= 4 is 41.3 Å². The molecule has 1 heterocycles. The fourth-order valence-electron chi connectivity index (χ4n) is 2.47. The van der Waals surface area contributed by atoms with Gasteiger partial charge < -0.3 is 10.6 Å². The van der Waals surface area contributed by atoms with Crippen molar-refractivity contribution < 1.29 is 0 Å². The summed E-state index contributed by atoms with van der Waals surface area (Å²) in [6.45, 7) is 5.26. The molecule has 1 saturated carbocycles. The summed E-state index contributed by atoms with van der Waals surface area (Å²) < 4.78 is 0. The monoisotopic (exact) mass is 422 g/mol. The van der Waals surface area contributed by atoms with Gasteiger partial charge >= 0.3 is 0 Å². The SMILES string of the molecule is CN=C(NCCc1csc(C(C)C)n1)NC1CCCC1.I. The normalized spacial score (nSPS) is 16.1. The Morgan fingerprint density at radius 3 is 2.71 bits per heavy atom. The Morgan fingerprint density at radius 1 is 1.43 bits per heavy atom. The second kappa shape index (κ2) is 9.61. The first-order valence-corrected chi connectivity index (χ1v) is 8.48. The van der Waals surface area contributed by atoms with Crippen molar-refractivity contribution in [3.05, 3.63) is 16.1 Å². The van der Waals surface area contributed by atoms with Crippen LogP contribution in [0.4, 0.5) is 0 Å². The number of rotatable bonds is 5. The minimum Gasteiger partial charge on any atom is -0.356 e. The van der Waals surface area contributed by atoms with Gasteiger partial charge in [0.1, 0.15) is 0 Å². The number of hydrogen-bond acceptors (Lipinski definition) is 3. The Hall–Kier alpha value is -0.370. The summed E-state index contributed by atoms with van der Waals surface area (Å²) in [6.07, 6.45) is 6.17. The van der Waals surface area contributed by atoms with E-state index >= 15 is 0 Å². The molecule has 1 fully saturated rings. The van der Waals surface area contributed by atoms with Gasteiger partial charge in [0.25, 0.3) is 0 Å². The smallest absolute Gasteiger partial charge is 0.191 e. The Kier molecular flexibility index (Phi) is 8.55. The summed E-state index contributed by atoms with van der Waals surface area (Å²) in [5.74, 6) is 1.45. The van der Waals surface area contributed by atoms with Crippen LogP contribution in [0.2, 0.25) is 0 Å². The number of hydrogen-bond donors (Lipinski definition) is 2. The van der Waals surface area contributed by atoms with Crippen molar-refractivity contribution in [3.63, 3.8) is 0 Å². The number of aliphatic imine (C=N–C) groups is 1. The molecule has 2 N–H and O–H groups in total. The number of halogens is 1. The highest BCUT2D eigenvalue weighted by molar-refractivity contribution is 14.0. The molecule has 4 nitrogen and oxygen atoms in total. The number of guanidine groups is 1. The van der Waals surface area contributed by atoms with E-state index in [0.29, 0.717) is 12.0 Å². The van der Waals surface area contributed by atoms with Gasteiger partial charge in [-0.1, -0.05) is 26.7 Å². The molecular formula is C15H27IN4S. The first kappa shape index (κ1) is 18.7. The number of nitrogens with zero attached hydrogens (tertiary/aromatic N) is 2. The summed E-state index contributed by atoms with van der Waals surface area (Å²) in [5.41, 5.74) is 1.18. The van der Waals surface area contributed by atoms with Crippen LogP contribution in [0.5, 0.6) is 0 Å². The van der Waals surface area contributed by atoms with Crippen LogP contribution in [-0.4, -0.2) is 30.6 Å². The minimum atomic E-state index is 0. The fraction of sp³-hybridized carbons (Fsp3) is 0.733. The highest BCUT2D eigenvalue weighted by Gasteiger charge is 2.15. The molecule has 0 spiro atoms. The molecule has 0 unspecified atom stereocenters. The van der Waals surface area contributed by atoms with Crippen molar-refractivity contribution in [1.82, 2.24) is 15.6 Å². The van der Waals surface area contributed by atoms with Crippen LogP contribution in [0.1, 0.15) is 56.2 Å². The van der Waals surface area contributed by atoms with Gasteiger partial charge in [-0.3, -0.25) is 4.99 Å². The topological polar surface area (TPSA) is 49.3 Å². The summed E-state index contributed by atoms with van der Waals surface area (Å²) in [5, 5.41) is 10.3. The molecule has 0 radical (unpaired) electrons. The van der Waals surface area contributed by atoms with E-state index in [1.807, 2.05) is 7.05 Å². The Morgan fingerprint density at radius 2 is 2.14 bits per heavy atom. The second-order valence-corrected chi connectivity index (χ2v) is 6.60. The third-order valence-electron chi connectivity index (χ3n) is 3.66. The van der Waals surface area contributed by atoms with E-state index in [-0.39, 0.29) is 24.0 Å². The van der Waals surface area contributed by atoms with E-state index in [4.69, 9.17) is 0 Å². The maximum absolute atomic E-state index is 4.65. The lowest BCUT2D eigenvalue weighted by Gasteiger charge is -2.16. The molecule has 21 heavy (non-hydrogen) atoms. The molecule has 1 aromatic heterocycles. The molecular weight excluding hydrogens is 395 g/mol. The first-order chi connectivity index (χ1) is 9.69. The lowest BCUT2D eigenvalue weighted by molar-refractivity contribution is 0.613. The summed E-state index contributed by atoms with van der Waals surface area (Å²) >= 11 is 1.76. The average Bonchev–Trinajstić information content (AvgIpc) is 3.08. The Balaban J connectivity index is 0.00000220. The van der Waals surface area contributed by atoms with E-state index in [2.05, 4.69) is 39.8 Å². The first-order valence-electron chi connectivity index (χ1n) is 7.60. The third-order valence-corrected chi connectivity index (χ3v) is 4.85. The number of thiazole rings is 1. The number of aromatic nitrogens is 1. The maximum atomic E-state index is 4.65. The lowest BCUT2D eigenvalue weighted by atomic mass is 10.2. The van der Waals surface area contributed by atoms with Crippen LogP contribution in [0.3, 0.4) is 0 Å². The van der Waals surface area contributed by atoms with Crippen molar-refractivity contribution in [3.8, 4) is 0 Å². The molecule has 0 atom stereocenters. The van der Waals surface area contributed by atoms with E-state index in [9.17, 15) is 0 Å². The van der Waals surface area contributed by atoms with Crippen molar-refractivity contribution in [2.24, 2.45) is 4.99 Å². The summed E-state index contributed by atoms with van der Waals surface area (Å²) in [7, 11) is 1.84. The zero-order chi connectivity index (χ0) is 14.4. The van der Waals surface area contributed by atoms with Gasteiger partial charge in [0.15, 0.2) is 5.96 Å². The Labute approximate surface area is 149 Å². The zero-order valence-corrected chi connectivity index (χ0v) is 16.3. The van der Waals surface area contributed by atoms with Gasteiger partial charge in [-0.05, 0) is 12.8 Å². The highest BCUT2D eigenvalue weighted by Crippen LogP contribution is 2.19. The minimum absolute atomic E-state index is 0. The molecule has 120 valence electrons. The predicted octanol–water partition coefficient (Wildman–Crippen LogP) is 3.53. The summed E-state index contributed by atoms with van der Waals surface area (Å²) in [6, 6.07) is 0.605. The van der Waals surface area contributed by atoms with E-state index < -0.39 is 0 Å². The fourth-order valence-corrected chi connectivity index (χ4v) is 3.34. The molecule has 1 aliphatic rings. The lowest BCUT2D eigenvalue weighted by Crippen LogP contribution is -2.43. The largest absolute Gasteiger partial charge is 0.356 e. The third kappa shape index (κ3) is 6.10. The van der Waals surface area contributed by atoms with Gasteiger partial charge in [0.2, 0.25) is 0 Å². The molecule has 0 bridgehead atoms. The maximum Gasteiger partial charge on any atom is 0.191 e. The van der Waals surface area contributed by atoms with Gasteiger partial charge in [-0.15, -0.1) is 35.3 Å². The van der Waals surface area contributed by atoms with E-state index in [0.717, 1.165) is 18.9 Å². The molecule has 0 aliphatic heterocycles. The van der Waals surface area contributed by atoms with Crippen LogP contribution < -0.4 is 10.6 Å². The molecule has 1 aliphatic carbocycles. The van der Waals surface area contributed by atoms with Crippen LogP contribution in [-0.2, 0) is 6.42 Å². The quantitative estimate of drug-likeness (QED) is 0.434. The van der Waals surface area contributed by atoms with Crippen LogP contribution in [0, 0.1) is 0 Å². The van der Waals surface area contributed by atoms with Gasteiger partial charge in [-0.2, -0.15) is 0 Å². The van der Waals surface area contributed by atoms with Gasteiger partial charge in [0, 0.05) is 37.4 Å². The molecule has 0 aromatic carbocycles. The highest BCUT2D eigenvalue weighted by atomic mass is 127. The summed E-state index contributed by atoms with van der Waals surface area (Å²) in [4.78, 5) is 8.95. The Bertz CT molecular complexity index is 439. The van der Waals surface area contributed by atoms with E-state index in [1.54, 1.807) is 11.3 Å². The van der Waals surface area contributed by atoms with Crippen molar-refractivity contribution in [2.75, 3.05) is 13.6 Å². The number of nitrogens with one attached hydrogen (secondary N) is 2. The molecule has 1 aromatic rings. The van der Waals surface area contributed by atoms with Crippen molar-refractivity contribution in [1.29, 1.82) is 0 Å².